The van der Waals surface area contributed by atoms with Gasteiger partial charge in [-0.3, -0.25) is 4.79 Å². The van der Waals surface area contributed by atoms with Gasteiger partial charge >= 0.3 is 0 Å². The molecule has 0 aromatic carbocycles. The molecule has 0 aromatic rings. The van der Waals surface area contributed by atoms with Gasteiger partial charge in [-0.25, -0.2) is 0 Å². The molecule has 18 heavy (non-hydrogen) atoms. The summed E-state index contributed by atoms with van der Waals surface area (Å²) in [7, 11) is 6.05. The van der Waals surface area contributed by atoms with E-state index in [2.05, 4.69) is 19.0 Å². The molecule has 0 heterocycles. The van der Waals surface area contributed by atoms with E-state index in [0.717, 1.165) is 45.2 Å². The lowest BCUT2D eigenvalue weighted by molar-refractivity contribution is -0.131. The Bertz CT molecular complexity index is 247. The van der Waals surface area contributed by atoms with Crippen LogP contribution < -0.4 is 5.73 Å². The normalized spacial score (nSPS) is 24.3. The van der Waals surface area contributed by atoms with E-state index in [0.29, 0.717) is 24.3 Å². The van der Waals surface area contributed by atoms with Gasteiger partial charge in [0.2, 0.25) is 5.91 Å². The monoisotopic (exact) mass is 255 g/mol. The van der Waals surface area contributed by atoms with Crippen LogP contribution in [-0.4, -0.2) is 56.0 Å². The molecule has 106 valence electrons. The summed E-state index contributed by atoms with van der Waals surface area (Å²) in [5.41, 5.74) is 5.88. The zero-order valence-electron chi connectivity index (χ0n) is 12.2. The van der Waals surface area contributed by atoms with E-state index in [4.69, 9.17) is 5.73 Å². The Hall–Kier alpha value is -0.610. The molecule has 0 aromatic heterocycles. The molecule has 4 nitrogen and oxygen atoms in total. The fraction of sp³-hybridized carbons (Fsp3) is 0.929. The molecule has 4 heteroatoms. The molecule has 1 rings (SSSR count). The van der Waals surface area contributed by atoms with E-state index < -0.39 is 0 Å². The SMILES string of the molecule is CN(C)CCCN(C)C(=O)CC1CCC(N)CC1. The molecule has 0 bridgehead atoms. The van der Waals surface area contributed by atoms with E-state index in [-0.39, 0.29) is 0 Å². The Balaban J connectivity index is 2.18. The number of carbonyl (C=O) groups excluding carboxylic acids is 1. The maximum absolute atomic E-state index is 12.0. The summed E-state index contributed by atoms with van der Waals surface area (Å²) >= 11 is 0. The maximum atomic E-state index is 12.0. The van der Waals surface area contributed by atoms with Gasteiger partial charge in [-0.2, -0.15) is 0 Å². The minimum Gasteiger partial charge on any atom is -0.346 e. The van der Waals surface area contributed by atoms with E-state index >= 15 is 0 Å². The summed E-state index contributed by atoms with van der Waals surface area (Å²) in [6.45, 7) is 1.90. The van der Waals surface area contributed by atoms with Crippen LogP contribution in [0, 0.1) is 5.92 Å². The summed E-state index contributed by atoms with van der Waals surface area (Å²) < 4.78 is 0. The summed E-state index contributed by atoms with van der Waals surface area (Å²) in [5, 5.41) is 0. The van der Waals surface area contributed by atoms with Crippen LogP contribution in [0.3, 0.4) is 0 Å². The van der Waals surface area contributed by atoms with Crippen molar-refractivity contribution in [1.82, 2.24) is 9.80 Å². The quantitative estimate of drug-likeness (QED) is 0.778. The first-order valence-corrected chi connectivity index (χ1v) is 7.13. The number of rotatable bonds is 6. The number of hydrogen-bond donors (Lipinski definition) is 1. The Morgan fingerprint density at radius 1 is 1.11 bits per heavy atom. The van der Waals surface area contributed by atoms with Crippen LogP contribution in [0.5, 0.6) is 0 Å². The molecule has 0 spiro atoms. The third kappa shape index (κ3) is 5.83. The van der Waals surface area contributed by atoms with E-state index in [1.54, 1.807) is 0 Å². The van der Waals surface area contributed by atoms with Crippen LogP contribution in [0.15, 0.2) is 0 Å². The molecule has 2 N–H and O–H groups in total. The Morgan fingerprint density at radius 2 is 1.72 bits per heavy atom. The standard InChI is InChI=1S/C14H29N3O/c1-16(2)9-4-10-17(3)14(18)11-12-5-7-13(15)8-6-12/h12-13H,4-11,15H2,1-3H3. The number of nitrogens with zero attached hydrogens (tertiary/aromatic N) is 2. The Kier molecular flexibility index (Phi) is 6.65. The largest absolute Gasteiger partial charge is 0.346 e. The minimum absolute atomic E-state index is 0.300. The lowest BCUT2D eigenvalue weighted by Gasteiger charge is -2.27. The second-order valence-corrected chi connectivity index (χ2v) is 5.96. The number of nitrogens with two attached hydrogens (primary N) is 1. The fourth-order valence-corrected chi connectivity index (χ4v) is 2.54. The molecule has 1 saturated carbocycles. The predicted octanol–water partition coefficient (Wildman–Crippen LogP) is 1.30. The molecule has 0 unspecified atom stereocenters. The number of carbonyl (C=O) groups is 1. The van der Waals surface area contributed by atoms with E-state index in [1.165, 1.54) is 0 Å². The van der Waals surface area contributed by atoms with Crippen LogP contribution in [0.2, 0.25) is 0 Å². The van der Waals surface area contributed by atoms with E-state index in [9.17, 15) is 4.79 Å². The van der Waals surface area contributed by atoms with Gasteiger partial charge < -0.3 is 15.5 Å². The third-order valence-corrected chi connectivity index (χ3v) is 3.88. The second kappa shape index (κ2) is 7.74. The van der Waals surface area contributed by atoms with Gasteiger partial charge in [0.15, 0.2) is 0 Å². The molecule has 0 radical (unpaired) electrons. The predicted molar refractivity (Wildman–Crippen MR) is 75.4 cm³/mol. The van der Waals surface area contributed by atoms with Crippen LogP contribution in [0.1, 0.15) is 38.5 Å². The molecule has 0 atom stereocenters. The molecule has 1 aliphatic carbocycles. The molecular weight excluding hydrogens is 226 g/mol. The van der Waals surface area contributed by atoms with Crippen LogP contribution in [-0.2, 0) is 4.79 Å². The van der Waals surface area contributed by atoms with Gasteiger partial charge in [-0.15, -0.1) is 0 Å². The third-order valence-electron chi connectivity index (χ3n) is 3.88. The topological polar surface area (TPSA) is 49.6 Å². The molecule has 1 aliphatic rings. The molecular formula is C14H29N3O. The fourth-order valence-electron chi connectivity index (χ4n) is 2.54. The summed E-state index contributed by atoms with van der Waals surface area (Å²) in [5.74, 6) is 0.864. The van der Waals surface area contributed by atoms with Gasteiger partial charge in [0.1, 0.15) is 0 Å². The highest BCUT2D eigenvalue weighted by Crippen LogP contribution is 2.26. The molecule has 0 saturated heterocycles. The van der Waals surface area contributed by atoms with Crippen molar-refractivity contribution in [3.8, 4) is 0 Å². The first-order valence-electron chi connectivity index (χ1n) is 7.13. The average molecular weight is 255 g/mol. The zero-order chi connectivity index (χ0) is 13.5. The van der Waals surface area contributed by atoms with Crippen molar-refractivity contribution < 1.29 is 4.79 Å². The number of amides is 1. The first kappa shape index (κ1) is 15.4. The Morgan fingerprint density at radius 3 is 2.28 bits per heavy atom. The van der Waals surface area contributed by atoms with Crippen molar-refractivity contribution in [1.29, 1.82) is 0 Å². The highest BCUT2D eigenvalue weighted by Gasteiger charge is 2.22. The van der Waals surface area contributed by atoms with Crippen molar-refractivity contribution in [2.75, 3.05) is 34.2 Å². The number of hydrogen-bond acceptors (Lipinski definition) is 3. The Labute approximate surface area is 111 Å². The van der Waals surface area contributed by atoms with Crippen molar-refractivity contribution in [3.63, 3.8) is 0 Å². The first-order chi connectivity index (χ1) is 8.49. The molecule has 1 amide bonds. The average Bonchev–Trinajstić information content (AvgIpc) is 2.31. The lowest BCUT2D eigenvalue weighted by Crippen LogP contribution is -2.33. The highest BCUT2D eigenvalue weighted by molar-refractivity contribution is 5.76. The zero-order valence-corrected chi connectivity index (χ0v) is 12.2. The van der Waals surface area contributed by atoms with Gasteiger partial charge in [0, 0.05) is 26.1 Å². The highest BCUT2D eigenvalue weighted by atomic mass is 16.2. The van der Waals surface area contributed by atoms with Crippen molar-refractivity contribution >= 4 is 5.91 Å². The summed E-state index contributed by atoms with van der Waals surface area (Å²) in [6, 6.07) is 0.370. The summed E-state index contributed by atoms with van der Waals surface area (Å²) in [4.78, 5) is 16.1. The smallest absolute Gasteiger partial charge is 0.222 e. The van der Waals surface area contributed by atoms with E-state index in [1.807, 2.05) is 11.9 Å². The molecule has 1 fully saturated rings. The van der Waals surface area contributed by atoms with Gasteiger partial charge in [0.05, 0.1) is 0 Å². The van der Waals surface area contributed by atoms with Crippen molar-refractivity contribution in [2.45, 2.75) is 44.6 Å². The van der Waals surface area contributed by atoms with Crippen molar-refractivity contribution in [2.24, 2.45) is 11.7 Å². The van der Waals surface area contributed by atoms with Gasteiger partial charge in [-0.1, -0.05) is 0 Å². The lowest BCUT2D eigenvalue weighted by atomic mass is 9.84. The van der Waals surface area contributed by atoms with Gasteiger partial charge in [0.25, 0.3) is 0 Å². The molecule has 0 aliphatic heterocycles. The van der Waals surface area contributed by atoms with Crippen LogP contribution >= 0.6 is 0 Å². The minimum atomic E-state index is 0.300. The summed E-state index contributed by atoms with van der Waals surface area (Å²) in [6.07, 6.45) is 6.18. The van der Waals surface area contributed by atoms with Crippen LogP contribution in [0.4, 0.5) is 0 Å². The maximum Gasteiger partial charge on any atom is 0.222 e. The van der Waals surface area contributed by atoms with Crippen molar-refractivity contribution in [3.05, 3.63) is 0 Å². The second-order valence-electron chi connectivity index (χ2n) is 5.96. The van der Waals surface area contributed by atoms with Gasteiger partial charge in [-0.05, 0) is 58.7 Å². The van der Waals surface area contributed by atoms with Crippen LogP contribution in [0.25, 0.3) is 0 Å².